The van der Waals surface area contributed by atoms with Gasteiger partial charge in [0.15, 0.2) is 0 Å². The molecule has 2 nitrogen and oxygen atoms in total. The minimum absolute atomic E-state index is 0.200. The van der Waals surface area contributed by atoms with Crippen molar-refractivity contribution in [2.45, 2.75) is 32.1 Å². The zero-order valence-corrected chi connectivity index (χ0v) is 10.7. The summed E-state index contributed by atoms with van der Waals surface area (Å²) in [6.45, 7) is 3.91. The van der Waals surface area contributed by atoms with Crippen molar-refractivity contribution >= 4 is 5.97 Å². The Balaban J connectivity index is 1.99. The van der Waals surface area contributed by atoms with E-state index in [0.717, 1.165) is 25.7 Å². The molecular weight excluding hydrogens is 224 g/mol. The molecule has 0 aliphatic heterocycles. The molecule has 0 saturated heterocycles. The van der Waals surface area contributed by atoms with Crippen molar-refractivity contribution in [3.05, 3.63) is 54.3 Å². The smallest absolute Gasteiger partial charge is 0.310 e. The van der Waals surface area contributed by atoms with E-state index in [4.69, 9.17) is 4.74 Å². The van der Waals surface area contributed by atoms with Crippen molar-refractivity contribution in [3.63, 3.8) is 0 Å². The van der Waals surface area contributed by atoms with Gasteiger partial charge in [-0.25, -0.2) is 0 Å². The predicted molar refractivity (Wildman–Crippen MR) is 73.3 cm³/mol. The van der Waals surface area contributed by atoms with Gasteiger partial charge in [-0.1, -0.05) is 36.9 Å². The van der Waals surface area contributed by atoms with Gasteiger partial charge in [-0.15, -0.1) is 5.73 Å². The van der Waals surface area contributed by atoms with E-state index >= 15 is 0 Å². The van der Waals surface area contributed by atoms with Crippen molar-refractivity contribution < 1.29 is 9.53 Å². The van der Waals surface area contributed by atoms with E-state index in [1.54, 1.807) is 6.08 Å². The summed E-state index contributed by atoms with van der Waals surface area (Å²) in [5.74, 6) is -0.200. The number of benzene rings is 1. The first kappa shape index (κ1) is 14.3. The number of hydrogen-bond acceptors (Lipinski definition) is 2. The van der Waals surface area contributed by atoms with Crippen LogP contribution in [-0.4, -0.2) is 12.6 Å². The van der Waals surface area contributed by atoms with Gasteiger partial charge in [0.25, 0.3) is 0 Å². The number of carbonyl (C=O) groups excluding carboxylic acids is 1. The normalized spacial score (nSPS) is 9.56. The Morgan fingerprint density at radius 3 is 2.72 bits per heavy atom. The molecular formula is C16H20O2. The van der Waals surface area contributed by atoms with Crippen LogP contribution in [0.15, 0.2) is 48.7 Å². The SMILES string of the molecule is C=C=CCC(=O)OCCCCCc1ccccc1. The Labute approximate surface area is 109 Å². The summed E-state index contributed by atoms with van der Waals surface area (Å²) in [5, 5.41) is 0. The largest absolute Gasteiger partial charge is 0.465 e. The number of carbonyl (C=O) groups is 1. The Bertz CT molecular complexity index is 389. The summed E-state index contributed by atoms with van der Waals surface area (Å²) >= 11 is 0. The molecule has 18 heavy (non-hydrogen) atoms. The molecule has 1 aromatic rings. The molecule has 0 N–H and O–H groups in total. The van der Waals surface area contributed by atoms with E-state index in [2.05, 4.69) is 36.6 Å². The highest BCUT2D eigenvalue weighted by atomic mass is 16.5. The first-order valence-corrected chi connectivity index (χ1v) is 6.37. The van der Waals surface area contributed by atoms with Crippen LogP contribution in [0.2, 0.25) is 0 Å². The fourth-order valence-corrected chi connectivity index (χ4v) is 1.65. The third-order valence-corrected chi connectivity index (χ3v) is 2.63. The zero-order chi connectivity index (χ0) is 13.1. The predicted octanol–water partition coefficient (Wildman–Crippen LogP) is 3.67. The fourth-order valence-electron chi connectivity index (χ4n) is 1.65. The average molecular weight is 244 g/mol. The highest BCUT2D eigenvalue weighted by Gasteiger charge is 1.99. The zero-order valence-electron chi connectivity index (χ0n) is 10.7. The van der Waals surface area contributed by atoms with Gasteiger partial charge in [-0.2, -0.15) is 0 Å². The molecule has 0 heterocycles. The number of hydrogen-bond donors (Lipinski definition) is 0. The lowest BCUT2D eigenvalue weighted by atomic mass is 10.1. The molecule has 0 aliphatic rings. The first-order valence-electron chi connectivity index (χ1n) is 6.37. The van der Waals surface area contributed by atoms with Crippen molar-refractivity contribution in [1.82, 2.24) is 0 Å². The van der Waals surface area contributed by atoms with Crippen LogP contribution in [0.3, 0.4) is 0 Å². The number of esters is 1. The molecule has 0 spiro atoms. The van der Waals surface area contributed by atoms with Crippen LogP contribution >= 0.6 is 0 Å². The van der Waals surface area contributed by atoms with Gasteiger partial charge in [0, 0.05) is 0 Å². The third kappa shape index (κ3) is 6.72. The van der Waals surface area contributed by atoms with E-state index in [1.165, 1.54) is 5.56 Å². The molecule has 0 aliphatic carbocycles. The monoisotopic (exact) mass is 244 g/mol. The summed E-state index contributed by atoms with van der Waals surface area (Å²) in [4.78, 5) is 11.1. The van der Waals surface area contributed by atoms with Crippen LogP contribution in [0.25, 0.3) is 0 Å². The summed E-state index contributed by atoms with van der Waals surface area (Å²) in [5.41, 5.74) is 3.92. The van der Waals surface area contributed by atoms with Crippen LogP contribution in [-0.2, 0) is 16.0 Å². The van der Waals surface area contributed by atoms with Crippen molar-refractivity contribution in [2.24, 2.45) is 0 Å². The van der Waals surface area contributed by atoms with Crippen LogP contribution in [0, 0.1) is 0 Å². The lowest BCUT2D eigenvalue weighted by Gasteiger charge is -2.03. The second-order valence-electron chi connectivity index (χ2n) is 4.13. The van der Waals surface area contributed by atoms with E-state index < -0.39 is 0 Å². The average Bonchev–Trinajstić information content (AvgIpc) is 2.41. The molecule has 0 aromatic heterocycles. The van der Waals surface area contributed by atoms with Gasteiger partial charge in [-0.3, -0.25) is 4.79 Å². The van der Waals surface area contributed by atoms with Crippen LogP contribution in [0.5, 0.6) is 0 Å². The van der Waals surface area contributed by atoms with E-state index in [9.17, 15) is 4.79 Å². The Morgan fingerprint density at radius 2 is 2.00 bits per heavy atom. The third-order valence-electron chi connectivity index (χ3n) is 2.63. The Hall–Kier alpha value is -1.79. The molecule has 96 valence electrons. The van der Waals surface area contributed by atoms with Crippen LogP contribution in [0.1, 0.15) is 31.2 Å². The van der Waals surface area contributed by atoms with E-state index in [0.29, 0.717) is 6.61 Å². The minimum atomic E-state index is -0.200. The van der Waals surface area contributed by atoms with E-state index in [-0.39, 0.29) is 12.4 Å². The van der Waals surface area contributed by atoms with Gasteiger partial charge < -0.3 is 4.74 Å². The first-order chi connectivity index (χ1) is 8.83. The minimum Gasteiger partial charge on any atom is -0.465 e. The molecule has 0 bridgehead atoms. The second-order valence-corrected chi connectivity index (χ2v) is 4.13. The summed E-state index contributed by atoms with van der Waals surface area (Å²) in [6.07, 6.45) is 6.09. The molecule has 2 heteroatoms. The molecule has 0 fully saturated rings. The fraction of sp³-hybridized carbons (Fsp3) is 0.375. The quantitative estimate of drug-likeness (QED) is 0.396. The summed E-state index contributed by atoms with van der Waals surface area (Å²) in [7, 11) is 0. The maximum atomic E-state index is 11.1. The highest BCUT2D eigenvalue weighted by molar-refractivity contribution is 5.70. The summed E-state index contributed by atoms with van der Waals surface area (Å²) in [6, 6.07) is 10.4. The number of rotatable bonds is 8. The lowest BCUT2D eigenvalue weighted by Crippen LogP contribution is -2.04. The maximum absolute atomic E-state index is 11.1. The standard InChI is InChI=1S/C16H20O2/c1-2-3-13-16(17)18-14-9-5-8-12-15-10-6-4-7-11-15/h3-4,6-7,10-11H,1,5,8-9,12-14H2. The van der Waals surface area contributed by atoms with Gasteiger partial charge in [0.1, 0.15) is 0 Å². The maximum Gasteiger partial charge on any atom is 0.310 e. The lowest BCUT2D eigenvalue weighted by molar-refractivity contribution is -0.142. The summed E-state index contributed by atoms with van der Waals surface area (Å²) < 4.78 is 5.06. The molecule has 0 unspecified atom stereocenters. The topological polar surface area (TPSA) is 26.3 Å². The number of aryl methyl sites for hydroxylation is 1. The molecule has 0 radical (unpaired) electrons. The van der Waals surface area contributed by atoms with Gasteiger partial charge in [0.05, 0.1) is 13.0 Å². The Morgan fingerprint density at radius 1 is 1.22 bits per heavy atom. The number of ether oxygens (including phenoxy) is 1. The van der Waals surface area contributed by atoms with Gasteiger partial charge >= 0.3 is 5.97 Å². The van der Waals surface area contributed by atoms with Crippen molar-refractivity contribution in [1.29, 1.82) is 0 Å². The molecule has 1 rings (SSSR count). The molecule has 0 amide bonds. The van der Waals surface area contributed by atoms with Crippen LogP contribution < -0.4 is 0 Å². The second kappa shape index (κ2) is 9.26. The highest BCUT2D eigenvalue weighted by Crippen LogP contribution is 2.06. The molecule has 1 aromatic carbocycles. The van der Waals surface area contributed by atoms with Gasteiger partial charge in [-0.05, 0) is 37.3 Å². The number of unbranched alkanes of at least 4 members (excludes halogenated alkanes) is 2. The Kier molecular flexibility index (Phi) is 7.34. The van der Waals surface area contributed by atoms with Crippen molar-refractivity contribution in [2.75, 3.05) is 6.61 Å². The van der Waals surface area contributed by atoms with E-state index in [1.807, 2.05) is 6.07 Å². The van der Waals surface area contributed by atoms with Gasteiger partial charge in [0.2, 0.25) is 0 Å². The van der Waals surface area contributed by atoms with Crippen LogP contribution in [0.4, 0.5) is 0 Å². The molecule has 0 saturated carbocycles. The van der Waals surface area contributed by atoms with Crippen molar-refractivity contribution in [3.8, 4) is 0 Å². The molecule has 0 atom stereocenters.